The van der Waals surface area contributed by atoms with Crippen LogP contribution < -0.4 is 5.32 Å². The number of nitrogens with zero attached hydrogens (tertiary/aromatic N) is 1. The fraction of sp³-hybridized carbons (Fsp3) is 0.538. The van der Waals surface area contributed by atoms with Gasteiger partial charge in [0.25, 0.3) is 0 Å². The molecule has 0 aromatic carbocycles. The Bertz CT molecular complexity index is 464. The van der Waals surface area contributed by atoms with Crippen LogP contribution in [0.3, 0.4) is 0 Å². The molecule has 3 aliphatic carbocycles. The van der Waals surface area contributed by atoms with E-state index >= 15 is 0 Å². The maximum atomic E-state index is 10.6. The molecule has 0 aliphatic heterocycles. The van der Waals surface area contributed by atoms with Gasteiger partial charge in [0, 0.05) is 30.0 Å². The summed E-state index contributed by atoms with van der Waals surface area (Å²) in [5.41, 5.74) is 2.09. The summed E-state index contributed by atoms with van der Waals surface area (Å²) < 4.78 is 5.05. The zero-order valence-corrected chi connectivity index (χ0v) is 10.3. The second kappa shape index (κ2) is 3.68. The van der Waals surface area contributed by atoms with Crippen LogP contribution in [0.5, 0.6) is 0 Å². The Morgan fingerprint density at radius 3 is 2.72 bits per heavy atom. The van der Waals surface area contributed by atoms with Gasteiger partial charge in [-0.05, 0) is 30.9 Å². The van der Waals surface area contributed by atoms with E-state index in [1.807, 2.05) is 18.3 Å². The molecular weight excluding hydrogens is 232 g/mol. The number of carboxylic acid groups (broad SMARTS) is 1. The number of amides is 1. The van der Waals surface area contributed by atoms with Crippen molar-refractivity contribution in [2.75, 3.05) is 7.11 Å². The summed E-state index contributed by atoms with van der Waals surface area (Å²) in [4.78, 5) is 15.1. The summed E-state index contributed by atoms with van der Waals surface area (Å²) in [7, 11) is 1.66. The molecule has 0 radical (unpaired) electrons. The van der Waals surface area contributed by atoms with Crippen LogP contribution in [0, 0.1) is 0 Å². The van der Waals surface area contributed by atoms with E-state index in [0.29, 0.717) is 6.61 Å². The van der Waals surface area contributed by atoms with Gasteiger partial charge in [-0.1, -0.05) is 6.07 Å². The lowest BCUT2D eigenvalue weighted by molar-refractivity contribution is -0.0848. The topological polar surface area (TPSA) is 71.5 Å². The van der Waals surface area contributed by atoms with Gasteiger partial charge in [0.1, 0.15) is 0 Å². The van der Waals surface area contributed by atoms with Crippen molar-refractivity contribution in [2.24, 2.45) is 0 Å². The van der Waals surface area contributed by atoms with Gasteiger partial charge in [-0.3, -0.25) is 4.98 Å². The molecule has 4 rings (SSSR count). The molecule has 96 valence electrons. The van der Waals surface area contributed by atoms with Crippen LogP contribution in [-0.2, 0) is 16.8 Å². The molecule has 1 aromatic heterocycles. The molecule has 0 unspecified atom stereocenters. The molecule has 0 saturated heterocycles. The van der Waals surface area contributed by atoms with Crippen molar-refractivity contribution in [3.63, 3.8) is 0 Å². The molecule has 18 heavy (non-hydrogen) atoms. The van der Waals surface area contributed by atoms with Crippen molar-refractivity contribution in [3.05, 3.63) is 29.6 Å². The average Bonchev–Trinajstić information content (AvgIpc) is 2.23. The molecule has 1 heterocycles. The van der Waals surface area contributed by atoms with Gasteiger partial charge in [0.15, 0.2) is 0 Å². The normalized spacial score (nSPS) is 32.3. The highest BCUT2D eigenvalue weighted by atomic mass is 16.5. The second-order valence-corrected chi connectivity index (χ2v) is 5.51. The van der Waals surface area contributed by atoms with Gasteiger partial charge in [-0.15, -0.1) is 0 Å². The molecule has 2 bridgehead atoms. The second-order valence-electron chi connectivity index (χ2n) is 5.51. The van der Waals surface area contributed by atoms with Crippen LogP contribution in [0.25, 0.3) is 0 Å². The zero-order chi connectivity index (χ0) is 12.8. The first-order valence-electron chi connectivity index (χ1n) is 6.03. The first-order valence-corrected chi connectivity index (χ1v) is 6.03. The Kier molecular flexibility index (Phi) is 2.35. The van der Waals surface area contributed by atoms with Gasteiger partial charge in [0.05, 0.1) is 6.61 Å². The molecule has 1 amide bonds. The fourth-order valence-corrected chi connectivity index (χ4v) is 3.41. The number of hydrogen-bond acceptors (Lipinski definition) is 3. The number of ether oxygens (including phenoxy) is 1. The van der Waals surface area contributed by atoms with Gasteiger partial charge in [0.2, 0.25) is 0 Å². The maximum absolute atomic E-state index is 10.6. The molecular formula is C13H16N2O3. The van der Waals surface area contributed by atoms with E-state index in [0.717, 1.165) is 30.5 Å². The van der Waals surface area contributed by atoms with Crippen molar-refractivity contribution in [3.8, 4) is 0 Å². The highest BCUT2D eigenvalue weighted by molar-refractivity contribution is 5.67. The molecule has 2 N–H and O–H groups in total. The molecule has 0 atom stereocenters. The predicted octanol–water partition coefficient (Wildman–Crippen LogP) is 1.67. The summed E-state index contributed by atoms with van der Waals surface area (Å²) in [5, 5.41) is 11.4. The lowest BCUT2D eigenvalue weighted by Crippen LogP contribution is -2.76. The van der Waals surface area contributed by atoms with E-state index in [9.17, 15) is 4.79 Å². The minimum absolute atomic E-state index is 0.119. The molecule has 3 aliphatic rings. The van der Waals surface area contributed by atoms with Gasteiger partial charge in [-0.25, -0.2) is 4.79 Å². The van der Waals surface area contributed by atoms with Crippen LogP contribution in [0.15, 0.2) is 18.3 Å². The summed E-state index contributed by atoms with van der Waals surface area (Å²) in [5.74, 6) is 0. The number of pyridine rings is 1. The Hall–Kier alpha value is -1.62. The minimum Gasteiger partial charge on any atom is -0.465 e. The van der Waals surface area contributed by atoms with Gasteiger partial charge in [-0.2, -0.15) is 0 Å². The third-order valence-electron chi connectivity index (χ3n) is 4.08. The van der Waals surface area contributed by atoms with Crippen molar-refractivity contribution < 1.29 is 14.6 Å². The highest BCUT2D eigenvalue weighted by Gasteiger charge is 2.69. The van der Waals surface area contributed by atoms with Crippen molar-refractivity contribution >= 4 is 6.09 Å². The van der Waals surface area contributed by atoms with Crippen LogP contribution >= 0.6 is 0 Å². The Balaban J connectivity index is 1.67. The third-order valence-corrected chi connectivity index (χ3v) is 4.08. The quantitative estimate of drug-likeness (QED) is 0.850. The number of carbonyl (C=O) groups is 1. The average molecular weight is 248 g/mol. The first-order chi connectivity index (χ1) is 8.57. The number of rotatable bonds is 4. The van der Waals surface area contributed by atoms with Crippen molar-refractivity contribution in [1.82, 2.24) is 10.3 Å². The maximum Gasteiger partial charge on any atom is 0.405 e. The summed E-state index contributed by atoms with van der Waals surface area (Å²) in [6, 6.07) is 4.07. The molecule has 3 fully saturated rings. The zero-order valence-electron chi connectivity index (χ0n) is 10.3. The van der Waals surface area contributed by atoms with E-state index in [1.54, 1.807) is 7.11 Å². The molecule has 3 saturated carbocycles. The highest BCUT2D eigenvalue weighted by Crippen LogP contribution is 2.67. The van der Waals surface area contributed by atoms with Crippen molar-refractivity contribution in [2.45, 2.75) is 36.8 Å². The van der Waals surface area contributed by atoms with E-state index in [-0.39, 0.29) is 11.0 Å². The molecule has 1 aromatic rings. The molecule has 5 heteroatoms. The van der Waals surface area contributed by atoms with Crippen LogP contribution in [0.4, 0.5) is 4.79 Å². The molecule has 5 nitrogen and oxygen atoms in total. The summed E-state index contributed by atoms with van der Waals surface area (Å²) >= 11 is 0. The number of aromatic nitrogens is 1. The van der Waals surface area contributed by atoms with Gasteiger partial charge >= 0.3 is 6.09 Å². The third kappa shape index (κ3) is 1.58. The van der Waals surface area contributed by atoms with Crippen molar-refractivity contribution in [1.29, 1.82) is 0 Å². The number of nitrogens with one attached hydrogen (secondary N) is 1. The summed E-state index contributed by atoms with van der Waals surface area (Å²) in [6.07, 6.45) is 3.55. The smallest absolute Gasteiger partial charge is 0.405 e. The lowest BCUT2D eigenvalue weighted by atomic mass is 9.38. The lowest BCUT2D eigenvalue weighted by Gasteiger charge is -2.69. The Labute approximate surface area is 105 Å². The summed E-state index contributed by atoms with van der Waals surface area (Å²) in [6.45, 7) is 0.574. The van der Waals surface area contributed by atoms with E-state index in [1.165, 1.54) is 0 Å². The standard InChI is InChI=1S/C13H16N2O3/c1-18-5-9-2-3-10(14-4-9)12-6-13(7-12,8-12)15-11(16)17/h2-4,15H,5-8H2,1H3,(H,16,17). The number of methoxy groups -OCH3 is 1. The van der Waals surface area contributed by atoms with E-state index < -0.39 is 6.09 Å². The van der Waals surface area contributed by atoms with E-state index in [2.05, 4.69) is 10.3 Å². The molecule has 0 spiro atoms. The largest absolute Gasteiger partial charge is 0.465 e. The fourth-order valence-electron chi connectivity index (χ4n) is 3.41. The SMILES string of the molecule is COCc1ccc(C23CC(NC(=O)O)(C2)C3)nc1. The van der Waals surface area contributed by atoms with Crippen LogP contribution in [-0.4, -0.2) is 28.8 Å². The van der Waals surface area contributed by atoms with E-state index in [4.69, 9.17) is 9.84 Å². The van der Waals surface area contributed by atoms with Crippen LogP contribution in [0.1, 0.15) is 30.5 Å². The van der Waals surface area contributed by atoms with Gasteiger partial charge < -0.3 is 15.2 Å². The van der Waals surface area contributed by atoms with Crippen LogP contribution in [0.2, 0.25) is 0 Å². The Morgan fingerprint density at radius 2 is 2.22 bits per heavy atom. The minimum atomic E-state index is -0.924. The first kappa shape index (κ1) is 11.5. The monoisotopic (exact) mass is 248 g/mol. The Morgan fingerprint density at radius 1 is 1.50 bits per heavy atom. The number of hydrogen-bond donors (Lipinski definition) is 2. The predicted molar refractivity (Wildman–Crippen MR) is 64.4 cm³/mol.